The molecule has 1 saturated heterocycles. The second kappa shape index (κ2) is 10.3. The van der Waals surface area contributed by atoms with E-state index >= 15 is 0 Å². The normalized spacial score (nSPS) is 14.3. The van der Waals surface area contributed by atoms with Crippen LogP contribution in [0.5, 0.6) is 11.5 Å². The van der Waals surface area contributed by atoms with Crippen molar-refractivity contribution in [2.45, 2.75) is 45.2 Å². The Balaban J connectivity index is 1.87. The van der Waals surface area contributed by atoms with Crippen molar-refractivity contribution in [1.29, 1.82) is 0 Å². The molecule has 2 aromatic carbocycles. The van der Waals surface area contributed by atoms with Gasteiger partial charge in [-0.15, -0.1) is 0 Å². The third kappa shape index (κ3) is 4.77. The lowest BCUT2D eigenvalue weighted by Gasteiger charge is -2.26. The lowest BCUT2D eigenvalue weighted by Crippen LogP contribution is -2.42. The molecule has 0 N–H and O–H groups in total. The molecule has 0 aliphatic carbocycles. The monoisotopic (exact) mass is 466 g/mol. The number of fused-ring (bicyclic) bond motifs is 1. The van der Waals surface area contributed by atoms with Crippen molar-refractivity contribution in [2.24, 2.45) is 0 Å². The van der Waals surface area contributed by atoms with Crippen molar-refractivity contribution in [3.05, 3.63) is 68.4 Å². The second-order valence-electron chi connectivity index (χ2n) is 8.63. The van der Waals surface area contributed by atoms with Gasteiger partial charge in [0.25, 0.3) is 5.56 Å². The number of ketones is 1. The van der Waals surface area contributed by atoms with Gasteiger partial charge in [-0.1, -0.05) is 12.1 Å². The molecular formula is C26H30N2O6. The summed E-state index contributed by atoms with van der Waals surface area (Å²) in [6, 6.07) is 10.9. The van der Waals surface area contributed by atoms with Gasteiger partial charge in [0.2, 0.25) is 0 Å². The molecular weight excluding hydrogens is 436 g/mol. The van der Waals surface area contributed by atoms with Crippen LogP contribution in [0.1, 0.15) is 43.4 Å². The Hall–Kier alpha value is -3.39. The van der Waals surface area contributed by atoms with E-state index in [-0.39, 0.29) is 29.6 Å². The second-order valence-corrected chi connectivity index (χ2v) is 8.63. The van der Waals surface area contributed by atoms with E-state index < -0.39 is 0 Å². The van der Waals surface area contributed by atoms with E-state index in [1.165, 1.54) is 4.57 Å². The van der Waals surface area contributed by atoms with Crippen LogP contribution in [-0.2, 0) is 22.5 Å². The summed E-state index contributed by atoms with van der Waals surface area (Å²) in [5.74, 6) is 1.20. The lowest BCUT2D eigenvalue weighted by molar-refractivity contribution is -0.116. The molecule has 1 aliphatic rings. The number of rotatable bonds is 8. The predicted octanol–water partition coefficient (Wildman–Crippen LogP) is 3.10. The Labute approximate surface area is 197 Å². The van der Waals surface area contributed by atoms with Crippen molar-refractivity contribution >= 4 is 16.7 Å². The van der Waals surface area contributed by atoms with Gasteiger partial charge in [0, 0.05) is 25.7 Å². The van der Waals surface area contributed by atoms with Crippen molar-refractivity contribution in [1.82, 2.24) is 9.13 Å². The number of hydrogen-bond donors (Lipinski definition) is 0. The highest BCUT2D eigenvalue weighted by Crippen LogP contribution is 2.28. The molecule has 4 rings (SSSR count). The number of aromatic nitrogens is 2. The number of carbonyl (C=O) groups excluding carboxylic acids is 1. The molecule has 34 heavy (non-hydrogen) atoms. The van der Waals surface area contributed by atoms with Crippen LogP contribution in [0, 0.1) is 0 Å². The number of carbonyl (C=O) groups is 1. The van der Waals surface area contributed by atoms with Crippen molar-refractivity contribution in [3.63, 3.8) is 0 Å². The number of methoxy groups -OCH3 is 2. The number of hydrogen-bond acceptors (Lipinski definition) is 6. The molecule has 0 radical (unpaired) electrons. The SMILES string of the molecule is COc1ccc(Cn2c(=O)c3cc(CCC(C)=O)ccc3n(C3CCOCC3)c2=O)cc1OC. The number of aryl methyl sites for hydroxylation is 1. The van der Waals surface area contributed by atoms with Crippen LogP contribution >= 0.6 is 0 Å². The van der Waals surface area contributed by atoms with Gasteiger partial charge >= 0.3 is 5.69 Å². The summed E-state index contributed by atoms with van der Waals surface area (Å²) in [7, 11) is 3.10. The summed E-state index contributed by atoms with van der Waals surface area (Å²) in [5, 5.41) is 0.479. The van der Waals surface area contributed by atoms with Crippen LogP contribution < -0.4 is 20.7 Å². The minimum atomic E-state index is -0.345. The fourth-order valence-corrected chi connectivity index (χ4v) is 4.50. The molecule has 1 aliphatic heterocycles. The summed E-state index contributed by atoms with van der Waals surface area (Å²) >= 11 is 0. The molecule has 0 bridgehead atoms. The zero-order valence-electron chi connectivity index (χ0n) is 19.8. The van der Waals surface area contributed by atoms with Crippen LogP contribution in [0.15, 0.2) is 46.0 Å². The van der Waals surface area contributed by atoms with Gasteiger partial charge in [-0.3, -0.25) is 13.9 Å². The maximum Gasteiger partial charge on any atom is 0.332 e. The molecule has 0 atom stereocenters. The van der Waals surface area contributed by atoms with Gasteiger partial charge in [0.15, 0.2) is 11.5 Å². The summed E-state index contributed by atoms with van der Waals surface area (Å²) in [4.78, 5) is 38.7. The van der Waals surface area contributed by atoms with E-state index in [1.54, 1.807) is 37.8 Å². The minimum Gasteiger partial charge on any atom is -0.493 e. The van der Waals surface area contributed by atoms with Gasteiger partial charge in [-0.05, 0) is 61.6 Å². The largest absolute Gasteiger partial charge is 0.493 e. The maximum absolute atomic E-state index is 13.7. The lowest BCUT2D eigenvalue weighted by atomic mass is 10.0. The van der Waals surface area contributed by atoms with Crippen LogP contribution in [0.2, 0.25) is 0 Å². The third-order valence-electron chi connectivity index (χ3n) is 6.34. The molecule has 3 aromatic rings. The summed E-state index contributed by atoms with van der Waals surface area (Å²) in [6.07, 6.45) is 2.37. The molecule has 180 valence electrons. The number of ether oxygens (including phenoxy) is 3. The quantitative estimate of drug-likeness (QED) is 0.507. The molecule has 2 heterocycles. The Morgan fingerprint density at radius 3 is 2.38 bits per heavy atom. The molecule has 0 spiro atoms. The van der Waals surface area contributed by atoms with Crippen LogP contribution in [0.4, 0.5) is 0 Å². The number of nitrogens with zero attached hydrogens (tertiary/aromatic N) is 2. The van der Waals surface area contributed by atoms with Crippen molar-refractivity contribution < 1.29 is 19.0 Å². The van der Waals surface area contributed by atoms with E-state index in [4.69, 9.17) is 14.2 Å². The molecule has 0 amide bonds. The van der Waals surface area contributed by atoms with Crippen LogP contribution in [0.25, 0.3) is 10.9 Å². The fraction of sp³-hybridized carbons (Fsp3) is 0.423. The summed E-state index contributed by atoms with van der Waals surface area (Å²) < 4.78 is 19.2. The highest BCUT2D eigenvalue weighted by molar-refractivity contribution is 5.80. The number of benzene rings is 2. The minimum absolute atomic E-state index is 0.0518. The van der Waals surface area contributed by atoms with Gasteiger partial charge in [0.05, 0.1) is 31.7 Å². The Kier molecular flexibility index (Phi) is 7.17. The fourth-order valence-electron chi connectivity index (χ4n) is 4.50. The zero-order chi connectivity index (χ0) is 24.2. The number of Topliss-reactive ketones (excluding diaryl/α,β-unsaturated/α-hetero) is 1. The van der Waals surface area contributed by atoms with E-state index in [2.05, 4.69) is 0 Å². The Bertz CT molecular complexity index is 1320. The van der Waals surface area contributed by atoms with Crippen LogP contribution in [-0.4, -0.2) is 42.4 Å². The molecule has 1 aromatic heterocycles. The zero-order valence-corrected chi connectivity index (χ0v) is 19.8. The average Bonchev–Trinajstić information content (AvgIpc) is 2.86. The first-order valence-electron chi connectivity index (χ1n) is 11.5. The standard InChI is InChI=1S/C26H30N2O6/c1-17(29)4-5-18-6-8-22-21(14-18)25(30)27(26(31)28(22)20-10-12-34-13-11-20)16-19-7-9-23(32-2)24(15-19)33-3/h6-9,14-15,20H,4-5,10-13,16H2,1-3H3. The molecule has 0 saturated carbocycles. The summed E-state index contributed by atoms with van der Waals surface area (Å²) in [5.41, 5.74) is 1.59. The van der Waals surface area contributed by atoms with Crippen LogP contribution in [0.3, 0.4) is 0 Å². The molecule has 8 heteroatoms. The van der Waals surface area contributed by atoms with Gasteiger partial charge in [-0.25, -0.2) is 4.79 Å². The Morgan fingerprint density at radius 2 is 1.71 bits per heavy atom. The smallest absolute Gasteiger partial charge is 0.332 e. The van der Waals surface area contributed by atoms with Gasteiger partial charge in [-0.2, -0.15) is 0 Å². The maximum atomic E-state index is 13.7. The van der Waals surface area contributed by atoms with Gasteiger partial charge < -0.3 is 19.0 Å². The van der Waals surface area contributed by atoms with E-state index in [0.717, 1.165) is 11.1 Å². The predicted molar refractivity (Wildman–Crippen MR) is 129 cm³/mol. The highest BCUT2D eigenvalue weighted by atomic mass is 16.5. The van der Waals surface area contributed by atoms with Gasteiger partial charge in [0.1, 0.15) is 5.78 Å². The first kappa shape index (κ1) is 23.8. The molecule has 0 unspecified atom stereocenters. The Morgan fingerprint density at radius 1 is 1.00 bits per heavy atom. The molecule has 8 nitrogen and oxygen atoms in total. The van der Waals surface area contributed by atoms with E-state index in [0.29, 0.717) is 61.3 Å². The first-order valence-corrected chi connectivity index (χ1v) is 11.5. The van der Waals surface area contributed by atoms with Crippen molar-refractivity contribution in [3.8, 4) is 11.5 Å². The van der Waals surface area contributed by atoms with E-state index in [9.17, 15) is 14.4 Å². The third-order valence-corrected chi connectivity index (χ3v) is 6.34. The topological polar surface area (TPSA) is 88.8 Å². The van der Waals surface area contributed by atoms with Crippen molar-refractivity contribution in [2.75, 3.05) is 27.4 Å². The summed E-state index contributed by atoms with van der Waals surface area (Å²) in [6.45, 7) is 2.81. The average molecular weight is 467 g/mol. The first-order chi connectivity index (χ1) is 16.4. The molecule has 1 fully saturated rings. The van der Waals surface area contributed by atoms with E-state index in [1.807, 2.05) is 24.3 Å². The highest BCUT2D eigenvalue weighted by Gasteiger charge is 2.23.